The molecule has 0 aromatic heterocycles. The van der Waals surface area contributed by atoms with Gasteiger partial charge in [0.2, 0.25) is 0 Å². The second-order valence-electron chi connectivity index (χ2n) is 4.73. The van der Waals surface area contributed by atoms with Crippen molar-refractivity contribution in [2.45, 2.75) is 39.2 Å². The van der Waals surface area contributed by atoms with E-state index in [-0.39, 0.29) is 18.0 Å². The van der Waals surface area contributed by atoms with Gasteiger partial charge >= 0.3 is 5.97 Å². The Morgan fingerprint density at radius 1 is 1.31 bits per heavy atom. The van der Waals surface area contributed by atoms with Crippen molar-refractivity contribution < 1.29 is 9.53 Å². The summed E-state index contributed by atoms with van der Waals surface area (Å²) >= 11 is 0. The highest BCUT2D eigenvalue weighted by Gasteiger charge is 2.22. The molecule has 0 aliphatic heterocycles. The molecule has 0 spiro atoms. The first-order chi connectivity index (χ1) is 7.66. The molecule has 86 valence electrons. The number of rotatable bonds is 2. The quantitative estimate of drug-likeness (QED) is 0.713. The molecule has 0 bridgehead atoms. The smallest absolute Gasteiger partial charge is 0.308 e. The third-order valence-electron chi connectivity index (χ3n) is 3.06. The average Bonchev–Trinajstić information content (AvgIpc) is 2.28. The minimum atomic E-state index is -0.0793. The molecule has 0 saturated heterocycles. The second kappa shape index (κ2) is 4.69. The number of benzene rings is 1. The van der Waals surface area contributed by atoms with E-state index in [2.05, 4.69) is 18.2 Å². The molecule has 0 radical (unpaired) electrons. The van der Waals surface area contributed by atoms with Crippen LogP contribution >= 0.6 is 0 Å². The minimum Gasteiger partial charge on any atom is -0.462 e. The first-order valence-corrected chi connectivity index (χ1v) is 5.94. The van der Waals surface area contributed by atoms with Gasteiger partial charge in [0.15, 0.2) is 0 Å². The predicted molar refractivity (Wildman–Crippen MR) is 63.2 cm³/mol. The molecule has 1 aliphatic rings. The Kier molecular flexibility index (Phi) is 3.28. The highest BCUT2D eigenvalue weighted by atomic mass is 16.5. The minimum absolute atomic E-state index is 0.0304. The van der Waals surface area contributed by atoms with Gasteiger partial charge in [-0.1, -0.05) is 38.1 Å². The maximum absolute atomic E-state index is 11.5. The van der Waals surface area contributed by atoms with E-state index in [1.807, 2.05) is 19.9 Å². The molecule has 16 heavy (non-hydrogen) atoms. The first kappa shape index (κ1) is 11.2. The summed E-state index contributed by atoms with van der Waals surface area (Å²) in [5.41, 5.74) is 2.73. The fourth-order valence-corrected chi connectivity index (χ4v) is 2.07. The van der Waals surface area contributed by atoms with Crippen LogP contribution in [0.3, 0.4) is 0 Å². The van der Waals surface area contributed by atoms with E-state index < -0.39 is 0 Å². The highest BCUT2D eigenvalue weighted by Crippen LogP contribution is 2.23. The Morgan fingerprint density at radius 3 is 2.69 bits per heavy atom. The number of esters is 1. The van der Waals surface area contributed by atoms with Gasteiger partial charge in [0, 0.05) is 6.42 Å². The summed E-state index contributed by atoms with van der Waals surface area (Å²) < 4.78 is 5.47. The number of fused-ring (bicyclic) bond motifs is 1. The van der Waals surface area contributed by atoms with Crippen molar-refractivity contribution in [2.75, 3.05) is 0 Å². The van der Waals surface area contributed by atoms with Crippen molar-refractivity contribution in [3.8, 4) is 0 Å². The van der Waals surface area contributed by atoms with Gasteiger partial charge in [-0.2, -0.15) is 0 Å². The second-order valence-corrected chi connectivity index (χ2v) is 4.73. The Balaban J connectivity index is 2.00. The van der Waals surface area contributed by atoms with Crippen LogP contribution in [0.15, 0.2) is 24.3 Å². The third kappa shape index (κ3) is 2.43. The molecular formula is C14H18O2. The topological polar surface area (TPSA) is 26.3 Å². The van der Waals surface area contributed by atoms with E-state index in [0.717, 1.165) is 19.3 Å². The monoisotopic (exact) mass is 218 g/mol. The van der Waals surface area contributed by atoms with Crippen molar-refractivity contribution >= 4 is 5.97 Å². The van der Waals surface area contributed by atoms with E-state index in [1.54, 1.807) is 0 Å². The molecule has 1 aromatic rings. The molecule has 0 saturated carbocycles. The van der Waals surface area contributed by atoms with Crippen LogP contribution in [-0.4, -0.2) is 12.1 Å². The van der Waals surface area contributed by atoms with Crippen molar-refractivity contribution in [2.24, 2.45) is 5.92 Å². The molecule has 0 amide bonds. The third-order valence-corrected chi connectivity index (χ3v) is 3.06. The fourth-order valence-electron chi connectivity index (χ4n) is 2.07. The molecule has 2 rings (SSSR count). The lowest BCUT2D eigenvalue weighted by atomic mass is 9.90. The van der Waals surface area contributed by atoms with Crippen LogP contribution in [0, 0.1) is 5.92 Å². The molecule has 1 unspecified atom stereocenters. The number of aryl methyl sites for hydroxylation is 1. The summed E-state index contributed by atoms with van der Waals surface area (Å²) in [6, 6.07) is 8.41. The summed E-state index contributed by atoms with van der Waals surface area (Å²) in [4.78, 5) is 11.5. The van der Waals surface area contributed by atoms with E-state index in [9.17, 15) is 4.79 Å². The van der Waals surface area contributed by atoms with E-state index in [0.29, 0.717) is 0 Å². The van der Waals surface area contributed by atoms with Gasteiger partial charge in [0.1, 0.15) is 6.10 Å². The number of ether oxygens (including phenoxy) is 1. The van der Waals surface area contributed by atoms with Crippen LogP contribution in [0.5, 0.6) is 0 Å². The highest BCUT2D eigenvalue weighted by molar-refractivity contribution is 5.71. The first-order valence-electron chi connectivity index (χ1n) is 5.94. The van der Waals surface area contributed by atoms with Gasteiger partial charge in [-0.25, -0.2) is 0 Å². The zero-order valence-corrected chi connectivity index (χ0v) is 9.90. The summed E-state index contributed by atoms with van der Waals surface area (Å²) in [7, 11) is 0. The molecule has 1 atom stereocenters. The van der Waals surface area contributed by atoms with Gasteiger partial charge < -0.3 is 4.74 Å². The van der Waals surface area contributed by atoms with Crippen LogP contribution in [0.1, 0.15) is 31.4 Å². The Hall–Kier alpha value is -1.31. The molecule has 1 aliphatic carbocycles. The maximum Gasteiger partial charge on any atom is 0.308 e. The van der Waals surface area contributed by atoms with Crippen LogP contribution in [0.25, 0.3) is 0 Å². The average molecular weight is 218 g/mol. The molecular weight excluding hydrogens is 200 g/mol. The Bertz CT molecular complexity index is 382. The van der Waals surface area contributed by atoms with Crippen LogP contribution in [-0.2, 0) is 22.4 Å². The fraction of sp³-hybridized carbons (Fsp3) is 0.500. The number of hydrogen-bond donors (Lipinski definition) is 0. The van der Waals surface area contributed by atoms with Gasteiger partial charge in [0.05, 0.1) is 5.92 Å². The number of hydrogen-bond acceptors (Lipinski definition) is 2. The lowest BCUT2D eigenvalue weighted by Gasteiger charge is -2.25. The normalized spacial score (nSPS) is 19.3. The summed E-state index contributed by atoms with van der Waals surface area (Å²) in [6.07, 6.45) is 2.92. The lowest BCUT2D eigenvalue weighted by molar-refractivity contribution is -0.153. The van der Waals surface area contributed by atoms with Crippen molar-refractivity contribution in [1.82, 2.24) is 0 Å². The molecule has 1 aromatic carbocycles. The van der Waals surface area contributed by atoms with Crippen LogP contribution in [0.2, 0.25) is 0 Å². The zero-order valence-electron chi connectivity index (χ0n) is 9.90. The Labute approximate surface area is 96.6 Å². The van der Waals surface area contributed by atoms with Crippen LogP contribution < -0.4 is 0 Å². The van der Waals surface area contributed by atoms with Crippen molar-refractivity contribution in [1.29, 1.82) is 0 Å². The largest absolute Gasteiger partial charge is 0.462 e. The van der Waals surface area contributed by atoms with E-state index in [4.69, 9.17) is 4.74 Å². The van der Waals surface area contributed by atoms with E-state index in [1.165, 1.54) is 11.1 Å². The SMILES string of the molecule is CC(C)C(=O)OC1CCc2ccccc2C1. The molecule has 0 fully saturated rings. The summed E-state index contributed by atoms with van der Waals surface area (Å²) in [6.45, 7) is 3.75. The van der Waals surface area contributed by atoms with Gasteiger partial charge in [0.25, 0.3) is 0 Å². The van der Waals surface area contributed by atoms with Gasteiger partial charge in [-0.05, 0) is 24.0 Å². The molecule has 2 nitrogen and oxygen atoms in total. The summed E-state index contributed by atoms with van der Waals surface area (Å²) in [5.74, 6) is -0.110. The van der Waals surface area contributed by atoms with Crippen molar-refractivity contribution in [3.63, 3.8) is 0 Å². The maximum atomic E-state index is 11.5. The Morgan fingerprint density at radius 2 is 2.00 bits per heavy atom. The van der Waals surface area contributed by atoms with Gasteiger partial charge in [-0.3, -0.25) is 4.79 Å². The predicted octanol–water partition coefficient (Wildman–Crippen LogP) is 2.74. The molecule has 0 N–H and O–H groups in total. The molecule has 2 heteroatoms. The number of carbonyl (C=O) groups is 1. The van der Waals surface area contributed by atoms with Crippen molar-refractivity contribution in [3.05, 3.63) is 35.4 Å². The van der Waals surface area contributed by atoms with Gasteiger partial charge in [-0.15, -0.1) is 0 Å². The van der Waals surface area contributed by atoms with E-state index >= 15 is 0 Å². The summed E-state index contributed by atoms with van der Waals surface area (Å²) in [5, 5.41) is 0. The number of carbonyl (C=O) groups excluding carboxylic acids is 1. The standard InChI is InChI=1S/C14H18O2/c1-10(2)14(15)16-13-8-7-11-5-3-4-6-12(11)9-13/h3-6,10,13H,7-9H2,1-2H3. The zero-order chi connectivity index (χ0) is 11.5. The lowest BCUT2D eigenvalue weighted by Crippen LogP contribution is -2.27. The molecule has 0 heterocycles. The van der Waals surface area contributed by atoms with Crippen LogP contribution in [0.4, 0.5) is 0 Å².